The summed E-state index contributed by atoms with van der Waals surface area (Å²) in [5.41, 5.74) is 3.45. The van der Waals surface area contributed by atoms with Gasteiger partial charge in [-0.3, -0.25) is 19.8 Å². The van der Waals surface area contributed by atoms with Crippen molar-refractivity contribution in [3.63, 3.8) is 0 Å². The second kappa shape index (κ2) is 7.34. The van der Waals surface area contributed by atoms with E-state index in [1.54, 1.807) is 18.2 Å². The molecule has 2 amide bonds. The van der Waals surface area contributed by atoms with E-state index in [1.807, 2.05) is 42.6 Å². The first-order valence-corrected chi connectivity index (χ1v) is 9.30. The van der Waals surface area contributed by atoms with Crippen molar-refractivity contribution in [1.29, 1.82) is 5.26 Å². The third kappa shape index (κ3) is 3.42. The van der Waals surface area contributed by atoms with Gasteiger partial charge in [-0.15, -0.1) is 0 Å². The van der Waals surface area contributed by atoms with Crippen molar-refractivity contribution >= 4 is 46.1 Å². The third-order valence-electron chi connectivity index (χ3n) is 4.86. The standard InChI is InChI=1S/C22H16N4O2S/c1-25-21(28)18(20(27)24-22(25)29)10-16-13-26(19-5-3-2-4-17(16)19)12-15-8-6-14(11-23)7-9-15/h2-10,13H,12H2,1H3,(H,24,27,29)/b18-10-. The largest absolute Gasteiger partial charge is 0.342 e. The summed E-state index contributed by atoms with van der Waals surface area (Å²) in [7, 11) is 1.53. The Hall–Kier alpha value is -3.76. The molecule has 0 radical (unpaired) electrons. The number of nitrogens with one attached hydrogen (secondary N) is 1. The molecule has 1 N–H and O–H groups in total. The van der Waals surface area contributed by atoms with Gasteiger partial charge in [0.05, 0.1) is 11.6 Å². The smallest absolute Gasteiger partial charge is 0.265 e. The van der Waals surface area contributed by atoms with Gasteiger partial charge in [0.25, 0.3) is 11.8 Å². The number of aromatic nitrogens is 1. The number of carbonyl (C=O) groups is 2. The van der Waals surface area contributed by atoms with Crippen LogP contribution in [0.15, 0.2) is 60.3 Å². The highest BCUT2D eigenvalue weighted by Crippen LogP contribution is 2.25. The van der Waals surface area contributed by atoms with Crippen LogP contribution in [0.25, 0.3) is 17.0 Å². The molecule has 3 aromatic rings. The summed E-state index contributed by atoms with van der Waals surface area (Å²) in [5.74, 6) is -0.926. The third-order valence-corrected chi connectivity index (χ3v) is 5.24. The Morgan fingerprint density at radius 2 is 1.86 bits per heavy atom. The first-order chi connectivity index (χ1) is 14.0. The Bertz CT molecular complexity index is 1230. The summed E-state index contributed by atoms with van der Waals surface area (Å²) in [5, 5.41) is 12.5. The molecule has 0 aliphatic carbocycles. The van der Waals surface area contributed by atoms with Gasteiger partial charge in [0, 0.05) is 36.3 Å². The van der Waals surface area contributed by atoms with Crippen molar-refractivity contribution < 1.29 is 9.59 Å². The quantitative estimate of drug-likeness (QED) is 0.417. The molecule has 142 valence electrons. The maximum absolute atomic E-state index is 12.5. The summed E-state index contributed by atoms with van der Waals surface area (Å²) >= 11 is 4.99. The number of nitriles is 1. The van der Waals surface area contributed by atoms with Crippen LogP contribution in [-0.4, -0.2) is 33.4 Å². The summed E-state index contributed by atoms with van der Waals surface area (Å²) in [6.45, 7) is 0.597. The minimum atomic E-state index is -0.498. The van der Waals surface area contributed by atoms with Gasteiger partial charge in [0.15, 0.2) is 5.11 Å². The highest BCUT2D eigenvalue weighted by Gasteiger charge is 2.31. The number of nitrogens with zero attached hydrogens (tertiary/aromatic N) is 3. The zero-order valence-corrected chi connectivity index (χ0v) is 16.4. The zero-order valence-electron chi connectivity index (χ0n) is 15.5. The summed E-state index contributed by atoms with van der Waals surface area (Å²) in [6.07, 6.45) is 3.52. The van der Waals surface area contributed by atoms with E-state index in [9.17, 15) is 9.59 Å². The minimum absolute atomic E-state index is 0.0439. The number of thiocarbonyl (C=S) groups is 1. The molecule has 1 saturated heterocycles. The van der Waals surface area contributed by atoms with E-state index in [4.69, 9.17) is 17.5 Å². The number of likely N-dealkylation sites (N-methyl/N-ethyl adjacent to an activating group) is 1. The SMILES string of the molecule is CN1C(=O)/C(=C\c2cn(Cc3ccc(C#N)cc3)c3ccccc23)C(=O)NC1=S. The molecular formula is C22H16N4O2S. The van der Waals surface area contributed by atoms with Crippen LogP contribution in [0.1, 0.15) is 16.7 Å². The van der Waals surface area contributed by atoms with E-state index in [0.717, 1.165) is 22.0 Å². The monoisotopic (exact) mass is 400 g/mol. The Kier molecular flexibility index (Phi) is 4.71. The molecule has 4 rings (SSSR count). The molecule has 1 aliphatic rings. The maximum atomic E-state index is 12.5. The number of hydrogen-bond donors (Lipinski definition) is 1. The molecule has 1 aromatic heterocycles. The predicted molar refractivity (Wildman–Crippen MR) is 114 cm³/mol. The molecule has 2 heterocycles. The van der Waals surface area contributed by atoms with Crippen molar-refractivity contribution in [2.24, 2.45) is 0 Å². The Morgan fingerprint density at radius 1 is 1.14 bits per heavy atom. The number of amides is 2. The van der Waals surface area contributed by atoms with Crippen LogP contribution >= 0.6 is 12.2 Å². The zero-order chi connectivity index (χ0) is 20.5. The first-order valence-electron chi connectivity index (χ1n) is 8.90. The lowest BCUT2D eigenvalue weighted by Gasteiger charge is -2.24. The maximum Gasteiger partial charge on any atom is 0.265 e. The van der Waals surface area contributed by atoms with Crippen molar-refractivity contribution in [3.05, 3.63) is 77.0 Å². The average Bonchev–Trinajstić information content (AvgIpc) is 3.07. The van der Waals surface area contributed by atoms with E-state index in [0.29, 0.717) is 12.1 Å². The topological polar surface area (TPSA) is 78.1 Å². The minimum Gasteiger partial charge on any atom is -0.342 e. The van der Waals surface area contributed by atoms with E-state index < -0.39 is 11.8 Å². The second-order valence-corrected chi connectivity index (χ2v) is 7.11. The van der Waals surface area contributed by atoms with Crippen LogP contribution in [0.4, 0.5) is 0 Å². The molecule has 7 heteroatoms. The molecular weight excluding hydrogens is 384 g/mol. The molecule has 2 aromatic carbocycles. The lowest BCUT2D eigenvalue weighted by atomic mass is 10.1. The highest BCUT2D eigenvalue weighted by molar-refractivity contribution is 7.80. The fraction of sp³-hybridized carbons (Fsp3) is 0.0909. The lowest BCUT2D eigenvalue weighted by molar-refractivity contribution is -0.128. The van der Waals surface area contributed by atoms with Crippen LogP contribution in [0.5, 0.6) is 0 Å². The number of para-hydroxylation sites is 1. The highest BCUT2D eigenvalue weighted by atomic mass is 32.1. The second-order valence-electron chi connectivity index (χ2n) is 6.72. The van der Waals surface area contributed by atoms with Gasteiger partial charge >= 0.3 is 0 Å². The Morgan fingerprint density at radius 3 is 2.59 bits per heavy atom. The normalized spacial score (nSPS) is 15.7. The van der Waals surface area contributed by atoms with Crippen molar-refractivity contribution in [2.45, 2.75) is 6.54 Å². The summed E-state index contributed by atoms with van der Waals surface area (Å²) in [4.78, 5) is 26.1. The van der Waals surface area contributed by atoms with E-state index in [1.165, 1.54) is 11.9 Å². The van der Waals surface area contributed by atoms with Crippen LogP contribution < -0.4 is 5.32 Å². The fourth-order valence-corrected chi connectivity index (χ4v) is 3.48. The van der Waals surface area contributed by atoms with Gasteiger partial charge in [-0.05, 0) is 42.1 Å². The molecule has 0 saturated carbocycles. The van der Waals surface area contributed by atoms with Crippen LogP contribution in [0.2, 0.25) is 0 Å². The fourth-order valence-electron chi connectivity index (χ4n) is 3.30. The van der Waals surface area contributed by atoms with E-state index >= 15 is 0 Å². The number of fused-ring (bicyclic) bond motifs is 1. The summed E-state index contributed by atoms with van der Waals surface area (Å²) in [6, 6.07) is 17.3. The Labute approximate surface area is 172 Å². The molecule has 0 spiro atoms. The summed E-state index contributed by atoms with van der Waals surface area (Å²) < 4.78 is 2.06. The van der Waals surface area contributed by atoms with Gasteiger partial charge in [0.2, 0.25) is 0 Å². The van der Waals surface area contributed by atoms with Crippen LogP contribution in [0, 0.1) is 11.3 Å². The molecule has 29 heavy (non-hydrogen) atoms. The van der Waals surface area contributed by atoms with Crippen LogP contribution in [-0.2, 0) is 16.1 Å². The van der Waals surface area contributed by atoms with Gasteiger partial charge in [-0.1, -0.05) is 30.3 Å². The van der Waals surface area contributed by atoms with E-state index in [-0.39, 0.29) is 10.7 Å². The first kappa shape index (κ1) is 18.6. The Balaban J connectivity index is 1.76. The number of rotatable bonds is 3. The van der Waals surface area contributed by atoms with Crippen molar-refractivity contribution in [2.75, 3.05) is 7.05 Å². The lowest BCUT2D eigenvalue weighted by Crippen LogP contribution is -2.52. The molecule has 0 atom stereocenters. The molecule has 1 aliphatic heterocycles. The number of benzene rings is 2. The number of hydrogen-bond acceptors (Lipinski definition) is 4. The average molecular weight is 400 g/mol. The van der Waals surface area contributed by atoms with Crippen LogP contribution in [0.3, 0.4) is 0 Å². The van der Waals surface area contributed by atoms with Crippen molar-refractivity contribution in [3.8, 4) is 6.07 Å². The van der Waals surface area contributed by atoms with E-state index in [2.05, 4.69) is 16.0 Å². The van der Waals surface area contributed by atoms with Gasteiger partial charge in [-0.2, -0.15) is 5.26 Å². The molecule has 6 nitrogen and oxygen atoms in total. The van der Waals surface area contributed by atoms with Gasteiger partial charge < -0.3 is 4.57 Å². The molecule has 0 unspecified atom stereocenters. The van der Waals surface area contributed by atoms with Gasteiger partial charge in [0.1, 0.15) is 5.57 Å². The predicted octanol–water partition coefficient (Wildman–Crippen LogP) is 2.82. The number of carbonyl (C=O) groups excluding carboxylic acids is 2. The van der Waals surface area contributed by atoms with Crippen molar-refractivity contribution in [1.82, 2.24) is 14.8 Å². The molecule has 0 bridgehead atoms. The molecule has 1 fully saturated rings. The van der Waals surface area contributed by atoms with Gasteiger partial charge in [-0.25, -0.2) is 0 Å².